The third-order valence-corrected chi connectivity index (χ3v) is 5.20. The SMILES string of the molecule is CN=C(NCC(C)(C)c1ccc(F)cc1Cl)NC1CCc2nc(C)nn2C1.I. The lowest BCUT2D eigenvalue weighted by molar-refractivity contribution is 0.390. The molecule has 1 aromatic carbocycles. The highest BCUT2D eigenvalue weighted by molar-refractivity contribution is 14.0. The molecule has 2 heterocycles. The number of nitrogens with one attached hydrogen (secondary N) is 2. The van der Waals surface area contributed by atoms with Crippen LogP contribution in [-0.2, 0) is 18.4 Å². The van der Waals surface area contributed by atoms with Crippen LogP contribution < -0.4 is 10.6 Å². The molecule has 1 aliphatic rings. The Morgan fingerprint density at radius 2 is 2.18 bits per heavy atom. The fourth-order valence-electron chi connectivity index (χ4n) is 3.38. The molecule has 0 saturated heterocycles. The molecule has 28 heavy (non-hydrogen) atoms. The summed E-state index contributed by atoms with van der Waals surface area (Å²) in [4.78, 5) is 8.77. The largest absolute Gasteiger partial charge is 0.356 e. The number of hydrogen-bond donors (Lipinski definition) is 2. The van der Waals surface area contributed by atoms with Crippen LogP contribution >= 0.6 is 35.6 Å². The molecule has 0 saturated carbocycles. The third-order valence-electron chi connectivity index (χ3n) is 4.89. The van der Waals surface area contributed by atoms with E-state index in [1.54, 1.807) is 13.1 Å². The molecule has 0 bridgehead atoms. The molecule has 1 atom stereocenters. The molecule has 1 aliphatic heterocycles. The van der Waals surface area contributed by atoms with Gasteiger partial charge in [0.05, 0.1) is 6.54 Å². The van der Waals surface area contributed by atoms with E-state index in [1.165, 1.54) is 12.1 Å². The van der Waals surface area contributed by atoms with Crippen molar-refractivity contribution in [2.45, 2.75) is 51.6 Å². The summed E-state index contributed by atoms with van der Waals surface area (Å²) in [6.07, 6.45) is 1.87. The van der Waals surface area contributed by atoms with Gasteiger partial charge in [0.15, 0.2) is 5.96 Å². The molecule has 0 aliphatic carbocycles. The normalized spacial score (nSPS) is 16.9. The van der Waals surface area contributed by atoms with E-state index in [0.29, 0.717) is 11.6 Å². The Kier molecular flexibility index (Phi) is 7.66. The van der Waals surface area contributed by atoms with E-state index in [4.69, 9.17) is 11.6 Å². The highest BCUT2D eigenvalue weighted by atomic mass is 127. The number of rotatable bonds is 4. The number of hydrogen-bond acceptors (Lipinski definition) is 3. The third kappa shape index (κ3) is 5.34. The minimum Gasteiger partial charge on any atom is -0.356 e. The van der Waals surface area contributed by atoms with Gasteiger partial charge in [0, 0.05) is 36.5 Å². The number of benzene rings is 1. The predicted octanol–water partition coefficient (Wildman–Crippen LogP) is 3.45. The first kappa shape index (κ1) is 22.9. The highest BCUT2D eigenvalue weighted by Crippen LogP contribution is 2.29. The smallest absolute Gasteiger partial charge is 0.191 e. The number of guanidine groups is 1. The van der Waals surface area contributed by atoms with Crippen molar-refractivity contribution in [2.75, 3.05) is 13.6 Å². The zero-order valence-electron chi connectivity index (χ0n) is 16.6. The summed E-state index contributed by atoms with van der Waals surface area (Å²) in [6, 6.07) is 4.77. The molecule has 2 aromatic rings. The molecule has 0 fully saturated rings. The number of aryl methyl sites for hydroxylation is 2. The minimum absolute atomic E-state index is 0. The van der Waals surface area contributed by atoms with Crippen molar-refractivity contribution in [3.05, 3.63) is 46.3 Å². The maximum atomic E-state index is 13.3. The first-order valence-corrected chi connectivity index (χ1v) is 9.49. The first-order valence-electron chi connectivity index (χ1n) is 9.11. The van der Waals surface area contributed by atoms with Crippen LogP contribution in [0.5, 0.6) is 0 Å². The van der Waals surface area contributed by atoms with Crippen molar-refractivity contribution in [1.82, 2.24) is 25.4 Å². The summed E-state index contributed by atoms with van der Waals surface area (Å²) in [7, 11) is 1.75. The zero-order chi connectivity index (χ0) is 19.6. The second-order valence-electron chi connectivity index (χ2n) is 7.57. The van der Waals surface area contributed by atoms with Gasteiger partial charge in [-0.3, -0.25) is 4.99 Å². The van der Waals surface area contributed by atoms with Crippen molar-refractivity contribution < 1.29 is 4.39 Å². The molecule has 0 radical (unpaired) electrons. The molecular formula is C19H27ClFIN6. The van der Waals surface area contributed by atoms with Gasteiger partial charge in [0.2, 0.25) is 0 Å². The monoisotopic (exact) mass is 520 g/mol. The summed E-state index contributed by atoms with van der Waals surface area (Å²) in [5.74, 6) is 2.25. The van der Waals surface area contributed by atoms with E-state index in [0.717, 1.165) is 42.6 Å². The van der Waals surface area contributed by atoms with E-state index >= 15 is 0 Å². The van der Waals surface area contributed by atoms with Crippen molar-refractivity contribution >= 4 is 41.5 Å². The van der Waals surface area contributed by atoms with E-state index < -0.39 is 0 Å². The molecule has 0 spiro atoms. The highest BCUT2D eigenvalue weighted by Gasteiger charge is 2.25. The Balaban J connectivity index is 0.00000280. The van der Waals surface area contributed by atoms with Gasteiger partial charge >= 0.3 is 0 Å². The summed E-state index contributed by atoms with van der Waals surface area (Å²) in [5.41, 5.74) is 0.611. The fourth-order valence-corrected chi connectivity index (χ4v) is 3.80. The van der Waals surface area contributed by atoms with Crippen molar-refractivity contribution in [1.29, 1.82) is 0 Å². The van der Waals surface area contributed by atoms with Gasteiger partial charge < -0.3 is 10.6 Å². The topological polar surface area (TPSA) is 67.1 Å². The fraction of sp³-hybridized carbons (Fsp3) is 0.526. The lowest BCUT2D eigenvalue weighted by atomic mass is 9.84. The number of nitrogens with zero attached hydrogens (tertiary/aromatic N) is 4. The molecule has 154 valence electrons. The van der Waals surface area contributed by atoms with Crippen LogP contribution in [0.4, 0.5) is 4.39 Å². The molecule has 3 rings (SSSR count). The van der Waals surface area contributed by atoms with Crippen molar-refractivity contribution in [2.24, 2.45) is 4.99 Å². The van der Waals surface area contributed by atoms with E-state index in [9.17, 15) is 4.39 Å². The lowest BCUT2D eigenvalue weighted by Gasteiger charge is -2.30. The average molecular weight is 521 g/mol. The summed E-state index contributed by atoms with van der Waals surface area (Å²) in [5, 5.41) is 11.7. The molecule has 0 amide bonds. The molecule has 1 aromatic heterocycles. The average Bonchev–Trinajstić information content (AvgIpc) is 2.97. The Labute approximate surface area is 187 Å². The summed E-state index contributed by atoms with van der Waals surface area (Å²) < 4.78 is 15.3. The van der Waals surface area contributed by atoms with Gasteiger partial charge in [0.1, 0.15) is 17.5 Å². The first-order chi connectivity index (χ1) is 12.8. The quantitative estimate of drug-likeness (QED) is 0.368. The summed E-state index contributed by atoms with van der Waals surface area (Å²) >= 11 is 6.24. The molecule has 6 nitrogen and oxygen atoms in total. The Morgan fingerprint density at radius 1 is 1.43 bits per heavy atom. The van der Waals surface area contributed by atoms with Crippen LogP contribution in [0, 0.1) is 12.7 Å². The van der Waals surface area contributed by atoms with Gasteiger partial charge in [-0.15, -0.1) is 24.0 Å². The van der Waals surface area contributed by atoms with E-state index in [1.807, 2.05) is 11.6 Å². The maximum absolute atomic E-state index is 13.3. The maximum Gasteiger partial charge on any atom is 0.191 e. The van der Waals surface area contributed by atoms with Crippen LogP contribution in [0.3, 0.4) is 0 Å². The number of aromatic nitrogens is 3. The number of halogens is 3. The van der Waals surface area contributed by atoms with Gasteiger partial charge in [-0.1, -0.05) is 31.5 Å². The van der Waals surface area contributed by atoms with Gasteiger partial charge in [0.25, 0.3) is 0 Å². The second kappa shape index (κ2) is 9.39. The van der Waals surface area contributed by atoms with Crippen LogP contribution in [0.1, 0.15) is 37.5 Å². The Hall–Kier alpha value is -1.42. The lowest BCUT2D eigenvalue weighted by Crippen LogP contribution is -2.49. The van der Waals surface area contributed by atoms with Gasteiger partial charge in [-0.05, 0) is 31.0 Å². The molecule has 9 heteroatoms. The van der Waals surface area contributed by atoms with E-state index in [-0.39, 0.29) is 41.3 Å². The minimum atomic E-state index is -0.329. The van der Waals surface area contributed by atoms with E-state index in [2.05, 4.69) is 39.6 Å². The van der Waals surface area contributed by atoms with Crippen LogP contribution in [0.25, 0.3) is 0 Å². The predicted molar refractivity (Wildman–Crippen MR) is 121 cm³/mol. The van der Waals surface area contributed by atoms with Crippen LogP contribution in [-0.4, -0.2) is 40.4 Å². The molecular weight excluding hydrogens is 494 g/mol. The van der Waals surface area contributed by atoms with Crippen molar-refractivity contribution in [3.63, 3.8) is 0 Å². The van der Waals surface area contributed by atoms with Crippen LogP contribution in [0.2, 0.25) is 5.02 Å². The van der Waals surface area contributed by atoms with Crippen LogP contribution in [0.15, 0.2) is 23.2 Å². The Bertz CT molecular complexity index is 851. The Morgan fingerprint density at radius 3 is 2.86 bits per heavy atom. The standard InChI is InChI=1S/C19H26ClFN6.HI/c1-12-24-17-8-6-14(10-27(17)26-12)25-18(22-4)23-11-19(2,3)15-7-5-13(21)9-16(15)20;/h5,7,9,14H,6,8,10-11H2,1-4H3,(H2,22,23,25);1H. The zero-order valence-corrected chi connectivity index (χ0v) is 19.7. The van der Waals surface area contributed by atoms with Crippen molar-refractivity contribution in [3.8, 4) is 0 Å². The number of fused-ring (bicyclic) bond motifs is 1. The van der Waals surface area contributed by atoms with Gasteiger partial charge in [-0.2, -0.15) is 5.10 Å². The molecule has 2 N–H and O–H groups in total. The summed E-state index contributed by atoms with van der Waals surface area (Å²) in [6.45, 7) is 7.42. The second-order valence-corrected chi connectivity index (χ2v) is 7.98. The van der Waals surface area contributed by atoms with Gasteiger partial charge in [-0.25, -0.2) is 14.1 Å². The molecule has 1 unspecified atom stereocenters. The number of aliphatic imine (C=N–C) groups is 1.